The fraction of sp³-hybridized carbons (Fsp3) is 0.0791. The molecule has 0 aliphatic heterocycles. The topological polar surface area (TPSA) is 26.3 Å². The van der Waals surface area contributed by atoms with Crippen LogP contribution < -0.4 is 0 Å². The van der Waals surface area contributed by atoms with E-state index in [-0.39, 0.29) is 10.8 Å². The van der Waals surface area contributed by atoms with E-state index in [1.807, 2.05) is 58.3 Å². The number of hydrogen-bond acceptors (Lipinski definition) is 5. The van der Waals surface area contributed by atoms with E-state index < -0.39 is 0 Å². The molecule has 0 atom stereocenters. The molecular formula is C139H98O2S3. The van der Waals surface area contributed by atoms with Crippen molar-refractivity contribution in [2.45, 2.75) is 73.1 Å². The second-order valence-corrected chi connectivity index (χ2v) is 44.6. The molecule has 0 aliphatic carbocycles. The van der Waals surface area contributed by atoms with Crippen LogP contribution in [0.1, 0.15) is 69.4 Å². The van der Waals surface area contributed by atoms with Gasteiger partial charge in [0, 0.05) is 61.8 Å². The Morgan fingerprint density at radius 3 is 0.840 bits per heavy atom. The molecule has 25 aromatic carbocycles. The molecule has 684 valence electrons. The van der Waals surface area contributed by atoms with Gasteiger partial charge >= 0.3 is 0 Å². The average Bonchev–Trinajstić information content (AvgIpc) is 1.07. The lowest BCUT2D eigenvalue weighted by Crippen LogP contribution is -2.10. The minimum Gasteiger partial charge on any atom is -0.456 e. The molecule has 2 nitrogen and oxygen atoms in total. The van der Waals surface area contributed by atoms with E-state index in [1.54, 1.807) is 0 Å². The zero-order valence-electron chi connectivity index (χ0n) is 81.5. The van der Waals surface area contributed by atoms with Gasteiger partial charge in [0.15, 0.2) is 0 Å². The molecule has 5 heterocycles. The summed E-state index contributed by atoms with van der Waals surface area (Å²) in [7, 11) is 0. The minimum absolute atomic E-state index is 0.0727. The molecule has 0 amide bonds. The van der Waals surface area contributed by atoms with Crippen molar-refractivity contribution in [3.63, 3.8) is 0 Å². The summed E-state index contributed by atoms with van der Waals surface area (Å²) in [5, 5.41) is 37.8. The van der Waals surface area contributed by atoms with Crippen molar-refractivity contribution in [1.29, 1.82) is 0 Å². The molecule has 0 aliphatic rings. The van der Waals surface area contributed by atoms with E-state index in [0.717, 1.165) is 44.6 Å². The highest BCUT2D eigenvalue weighted by Crippen LogP contribution is 2.54. The largest absolute Gasteiger partial charge is 0.456 e. The van der Waals surface area contributed by atoms with Crippen LogP contribution in [0.15, 0.2) is 440 Å². The predicted molar refractivity (Wildman–Crippen MR) is 627 cm³/mol. The maximum absolute atomic E-state index is 6.43. The summed E-state index contributed by atoms with van der Waals surface area (Å²) in [4.78, 5) is 3.99. The third kappa shape index (κ3) is 14.7. The minimum atomic E-state index is 0.0727. The quantitative estimate of drug-likeness (QED) is 0.135. The summed E-state index contributed by atoms with van der Waals surface area (Å²) in [6.07, 6.45) is 0. The smallest absolute Gasteiger partial charge is 0.136 e. The Bertz CT molecular complexity index is 9990. The van der Waals surface area contributed by atoms with E-state index >= 15 is 0 Å². The van der Waals surface area contributed by atoms with Crippen molar-refractivity contribution in [3.05, 3.63) is 459 Å². The lowest BCUT2D eigenvalue weighted by Gasteiger charge is -2.22. The van der Waals surface area contributed by atoms with Crippen LogP contribution in [0, 0.1) is 20.8 Å². The molecule has 5 heteroatoms. The van der Waals surface area contributed by atoms with Crippen molar-refractivity contribution in [2.75, 3.05) is 0 Å². The fourth-order valence-corrected chi connectivity index (χ4v) is 26.2. The first-order valence-electron chi connectivity index (χ1n) is 50.0. The van der Waals surface area contributed by atoms with Crippen molar-refractivity contribution >= 4 is 215 Å². The standard InChI is InChI=1S/C38H26S.C36H26O2.C36H22S.C29H24S/c1-23-7-11-25(12-8-23)29-17-15-27-16-18-31-33(26-13-9-24(2)10-14-26)22-34(32-20-19-30(29)37(27)38(31)32)36-21-28-5-3-4-6-35(28)39-36;1-36(2,3)25-16-23-12-14-26-28(32-18-21-8-4-6-10-30(21)37-32)20-29(27-15-13-24(17-25)34(23)35(26)27)33-19-22-9-5-7-11-31(22)38-33;1-3-9-23(10-4-1)27-17-15-25-16-18-29-31(24-11-5-2-6-12-24)22-32(30-20-19-28(27)35(25)36(29)30)34-21-26-13-7-8-14-33(26)37-34;1-17-13-24(26-16-18-7-5-6-8-25(18)30-26)23-12-10-20-15-21(29(2,3)4)14-19-9-11-22(17)28(23)27(19)20/h3-22H,1-2H3;4-20H,1-3H3;1-22H;5-16H,1-4H3. The Balaban J connectivity index is 0.0000000960. The van der Waals surface area contributed by atoms with E-state index in [2.05, 4.69) is 469 Å². The van der Waals surface area contributed by atoms with Crippen LogP contribution in [0.3, 0.4) is 0 Å². The lowest BCUT2D eigenvalue weighted by atomic mass is 9.82. The maximum Gasteiger partial charge on any atom is 0.136 e. The van der Waals surface area contributed by atoms with Gasteiger partial charge in [-0.3, -0.25) is 0 Å². The second-order valence-electron chi connectivity index (χ2n) is 41.4. The Morgan fingerprint density at radius 2 is 0.458 bits per heavy atom. The normalized spacial score (nSPS) is 12.2. The van der Waals surface area contributed by atoms with Crippen LogP contribution in [0.25, 0.3) is 280 Å². The number of benzene rings is 25. The summed E-state index contributed by atoms with van der Waals surface area (Å²) >= 11 is 5.67. The van der Waals surface area contributed by atoms with Gasteiger partial charge in [0.2, 0.25) is 0 Å². The van der Waals surface area contributed by atoms with Gasteiger partial charge in [-0.15, -0.1) is 34.0 Å². The Labute approximate surface area is 847 Å². The van der Waals surface area contributed by atoms with E-state index in [9.17, 15) is 0 Å². The highest BCUT2D eigenvalue weighted by atomic mass is 32.1. The van der Waals surface area contributed by atoms with E-state index in [4.69, 9.17) is 8.83 Å². The molecule has 0 saturated carbocycles. The lowest BCUT2D eigenvalue weighted by molar-refractivity contribution is 0.591. The monoisotopic (exact) mass is 1890 g/mol. The van der Waals surface area contributed by atoms with Crippen LogP contribution >= 0.6 is 34.0 Å². The molecule has 0 bridgehead atoms. The SMILES string of the molecule is CC(C)(C)c1cc2ccc3c(-c4cc5ccccc5o4)cc(-c4cc5ccccc5o4)c4ccc(c1)c2c34.Cc1cc(-c2cc3ccccc3s2)c2ccc3cc(C(C)(C)C)cc4ccc1c2c43.Cc1ccc(-c2ccc3ccc4c(-c5ccc(C)cc5)cc(-c5cc6ccccc6s5)c5ccc2c3c45)cc1.c1ccc(-c2ccc3ccc4c(-c5ccccc5)cc(-c5cc6ccccc6s5)c5ccc2c3c45)cc1. The van der Waals surface area contributed by atoms with Crippen LogP contribution in [0.5, 0.6) is 0 Å². The Kier molecular flexibility index (Phi) is 20.4. The van der Waals surface area contributed by atoms with Gasteiger partial charge in [-0.05, 0) is 329 Å². The summed E-state index contributed by atoms with van der Waals surface area (Å²) in [6, 6.07) is 159. The molecule has 5 aromatic heterocycles. The number of fused-ring (bicyclic) bond motifs is 5. The number of rotatable bonds is 9. The van der Waals surface area contributed by atoms with Crippen molar-refractivity contribution in [3.8, 4) is 98.5 Å². The van der Waals surface area contributed by atoms with Gasteiger partial charge < -0.3 is 8.83 Å². The number of furan rings is 2. The third-order valence-electron chi connectivity index (χ3n) is 30.3. The zero-order chi connectivity index (χ0) is 96.6. The van der Waals surface area contributed by atoms with Gasteiger partial charge in [0.05, 0.1) is 0 Å². The molecule has 30 aromatic rings. The highest BCUT2D eigenvalue weighted by molar-refractivity contribution is 7.23. The first-order valence-corrected chi connectivity index (χ1v) is 52.5. The molecule has 0 radical (unpaired) electrons. The third-order valence-corrected chi connectivity index (χ3v) is 33.7. The molecular weight excluding hydrogens is 1800 g/mol. The summed E-state index contributed by atoms with van der Waals surface area (Å²) in [5.41, 5.74) is 25.0. The van der Waals surface area contributed by atoms with Crippen molar-refractivity contribution < 1.29 is 8.83 Å². The highest BCUT2D eigenvalue weighted by Gasteiger charge is 2.28. The number of hydrogen-bond donors (Lipinski definition) is 0. The first kappa shape index (κ1) is 86.7. The first-order chi connectivity index (χ1) is 70.3. The fourth-order valence-electron chi connectivity index (χ4n) is 22.9. The van der Waals surface area contributed by atoms with E-state index in [0.29, 0.717) is 0 Å². The molecule has 30 rings (SSSR count). The van der Waals surface area contributed by atoms with Gasteiger partial charge in [0.25, 0.3) is 0 Å². The molecule has 144 heavy (non-hydrogen) atoms. The van der Waals surface area contributed by atoms with Crippen LogP contribution in [0.4, 0.5) is 0 Å². The van der Waals surface area contributed by atoms with Crippen LogP contribution in [-0.4, -0.2) is 0 Å². The van der Waals surface area contributed by atoms with Gasteiger partial charge in [-0.1, -0.05) is 398 Å². The van der Waals surface area contributed by atoms with Crippen LogP contribution in [-0.2, 0) is 10.8 Å². The van der Waals surface area contributed by atoms with Crippen molar-refractivity contribution in [1.82, 2.24) is 0 Å². The average molecular weight is 1900 g/mol. The van der Waals surface area contributed by atoms with Gasteiger partial charge in [-0.2, -0.15) is 0 Å². The Morgan fingerprint density at radius 1 is 0.181 bits per heavy atom. The van der Waals surface area contributed by atoms with Gasteiger partial charge in [0.1, 0.15) is 22.7 Å². The van der Waals surface area contributed by atoms with Crippen molar-refractivity contribution in [2.24, 2.45) is 0 Å². The zero-order valence-corrected chi connectivity index (χ0v) is 84.0. The predicted octanol–water partition coefficient (Wildman–Crippen LogP) is 42.0. The van der Waals surface area contributed by atoms with Crippen LogP contribution in [0.2, 0.25) is 0 Å². The Hall–Kier alpha value is -16.4. The van der Waals surface area contributed by atoms with E-state index in [1.165, 1.54) is 263 Å². The molecule has 0 spiro atoms. The molecule has 0 fully saturated rings. The summed E-state index contributed by atoms with van der Waals surface area (Å²) in [5.74, 6) is 1.74. The number of aryl methyl sites for hydroxylation is 3. The second kappa shape index (κ2) is 33.9. The number of thiophene rings is 3. The molecule has 0 saturated heterocycles. The summed E-state index contributed by atoms with van der Waals surface area (Å²) < 4.78 is 16.9. The molecule has 0 unspecified atom stereocenters. The maximum atomic E-state index is 6.43. The number of para-hydroxylation sites is 2. The summed E-state index contributed by atoms with van der Waals surface area (Å²) in [6.45, 7) is 20.3. The molecule has 0 N–H and O–H groups in total. The van der Waals surface area contributed by atoms with Gasteiger partial charge in [-0.25, -0.2) is 0 Å².